The topological polar surface area (TPSA) is 57.6 Å². The van der Waals surface area contributed by atoms with Crippen molar-refractivity contribution in [1.82, 2.24) is 4.90 Å². The molecule has 0 aromatic carbocycles. The minimum absolute atomic E-state index is 0.111. The van der Waals surface area contributed by atoms with E-state index in [1.165, 1.54) is 18.2 Å². The Balaban J connectivity index is 2.83. The van der Waals surface area contributed by atoms with Gasteiger partial charge in [0.05, 0.1) is 0 Å². The van der Waals surface area contributed by atoms with E-state index in [0.717, 1.165) is 19.3 Å². The molecule has 3 atom stereocenters. The van der Waals surface area contributed by atoms with Gasteiger partial charge in [-0.05, 0) is 31.6 Å². The predicted molar refractivity (Wildman–Crippen MR) is 65.6 cm³/mol. The molecule has 0 heterocycles. The molecule has 0 aromatic rings. The van der Waals surface area contributed by atoms with Crippen molar-refractivity contribution in [2.45, 2.75) is 52.5 Å². The Kier molecular flexibility index (Phi) is 4.97. The van der Waals surface area contributed by atoms with Crippen LogP contribution in [0.15, 0.2) is 0 Å². The summed E-state index contributed by atoms with van der Waals surface area (Å²) in [6, 6.07) is -0.639. The van der Waals surface area contributed by atoms with E-state index in [9.17, 15) is 14.7 Å². The molecule has 1 N–H and O–H groups in total. The Hall–Kier alpha value is -1.06. The van der Waals surface area contributed by atoms with Gasteiger partial charge in [0.2, 0.25) is 5.91 Å². The number of hydrogen-bond donors (Lipinski definition) is 1. The van der Waals surface area contributed by atoms with Crippen LogP contribution >= 0.6 is 0 Å². The van der Waals surface area contributed by atoms with Crippen LogP contribution in [0.2, 0.25) is 0 Å². The highest BCUT2D eigenvalue weighted by molar-refractivity contribution is 5.82. The Morgan fingerprint density at radius 1 is 1.41 bits per heavy atom. The van der Waals surface area contributed by atoms with E-state index in [1.807, 2.05) is 6.92 Å². The van der Waals surface area contributed by atoms with Crippen molar-refractivity contribution in [3.8, 4) is 0 Å². The highest BCUT2D eigenvalue weighted by atomic mass is 16.4. The standard InChI is InChI=1S/C13H23NO3/c1-4-14(10(3)15)12(13(16)17)11-7-5-6-9(2)8-11/h9,11-12H,4-8H2,1-3H3,(H,16,17). The first-order valence-electron chi connectivity index (χ1n) is 6.47. The molecular formula is C13H23NO3. The maximum absolute atomic E-state index is 11.5. The number of amides is 1. The first-order chi connectivity index (χ1) is 7.97. The number of rotatable bonds is 4. The lowest BCUT2D eigenvalue weighted by Crippen LogP contribution is -2.49. The zero-order chi connectivity index (χ0) is 13.0. The molecule has 3 unspecified atom stereocenters. The largest absolute Gasteiger partial charge is 0.480 e. The second-order valence-electron chi connectivity index (χ2n) is 5.12. The van der Waals surface area contributed by atoms with Crippen molar-refractivity contribution in [2.24, 2.45) is 11.8 Å². The van der Waals surface area contributed by atoms with E-state index in [1.54, 1.807) is 0 Å². The molecule has 1 aliphatic rings. The van der Waals surface area contributed by atoms with Gasteiger partial charge in [0.25, 0.3) is 0 Å². The van der Waals surface area contributed by atoms with E-state index in [0.29, 0.717) is 12.5 Å². The zero-order valence-corrected chi connectivity index (χ0v) is 11.0. The van der Waals surface area contributed by atoms with E-state index < -0.39 is 12.0 Å². The molecule has 0 aromatic heterocycles. The molecule has 1 rings (SSSR count). The maximum atomic E-state index is 11.5. The molecule has 0 aliphatic heterocycles. The number of carboxylic acids is 1. The third-order valence-corrected chi connectivity index (χ3v) is 3.76. The normalized spacial score (nSPS) is 26.3. The summed E-state index contributed by atoms with van der Waals surface area (Å²) < 4.78 is 0. The van der Waals surface area contributed by atoms with Gasteiger partial charge in [-0.15, -0.1) is 0 Å². The summed E-state index contributed by atoms with van der Waals surface area (Å²) in [6.07, 6.45) is 4.09. The fraction of sp³-hybridized carbons (Fsp3) is 0.846. The van der Waals surface area contributed by atoms with E-state index in [4.69, 9.17) is 0 Å². The van der Waals surface area contributed by atoms with Crippen molar-refractivity contribution >= 4 is 11.9 Å². The van der Waals surface area contributed by atoms with Gasteiger partial charge in [-0.2, -0.15) is 0 Å². The summed E-state index contributed by atoms with van der Waals surface area (Å²) in [7, 11) is 0. The van der Waals surface area contributed by atoms with E-state index in [2.05, 4.69) is 6.92 Å². The van der Waals surface area contributed by atoms with Gasteiger partial charge in [-0.3, -0.25) is 4.79 Å². The number of hydrogen-bond acceptors (Lipinski definition) is 2. The van der Waals surface area contributed by atoms with Crippen molar-refractivity contribution in [3.63, 3.8) is 0 Å². The number of likely N-dealkylation sites (N-methyl/N-ethyl adjacent to an activating group) is 1. The Morgan fingerprint density at radius 2 is 2.06 bits per heavy atom. The molecule has 98 valence electrons. The van der Waals surface area contributed by atoms with Crippen LogP contribution in [0.25, 0.3) is 0 Å². The average Bonchev–Trinajstić information content (AvgIpc) is 2.24. The number of carbonyl (C=O) groups excluding carboxylic acids is 1. The van der Waals surface area contributed by atoms with Gasteiger partial charge in [0, 0.05) is 13.5 Å². The Morgan fingerprint density at radius 3 is 2.47 bits per heavy atom. The lowest BCUT2D eigenvalue weighted by Gasteiger charge is -2.36. The van der Waals surface area contributed by atoms with Gasteiger partial charge in [0.15, 0.2) is 0 Å². The van der Waals surface area contributed by atoms with Gasteiger partial charge < -0.3 is 10.0 Å². The first kappa shape index (κ1) is 14.0. The quantitative estimate of drug-likeness (QED) is 0.820. The molecule has 1 saturated carbocycles. The van der Waals surface area contributed by atoms with Crippen LogP contribution in [0.3, 0.4) is 0 Å². The third kappa shape index (κ3) is 3.45. The summed E-state index contributed by atoms with van der Waals surface area (Å²) in [5.41, 5.74) is 0. The second kappa shape index (κ2) is 6.03. The lowest BCUT2D eigenvalue weighted by atomic mass is 9.78. The molecule has 4 heteroatoms. The Bertz CT molecular complexity index is 290. The van der Waals surface area contributed by atoms with Crippen molar-refractivity contribution in [2.75, 3.05) is 6.54 Å². The van der Waals surface area contributed by atoms with Crippen molar-refractivity contribution in [3.05, 3.63) is 0 Å². The monoisotopic (exact) mass is 241 g/mol. The van der Waals surface area contributed by atoms with Gasteiger partial charge in [-0.1, -0.05) is 19.8 Å². The summed E-state index contributed by atoms with van der Waals surface area (Å²) in [5.74, 6) is -0.319. The summed E-state index contributed by atoms with van der Waals surface area (Å²) in [4.78, 5) is 24.4. The molecular weight excluding hydrogens is 218 g/mol. The van der Waals surface area contributed by atoms with Crippen LogP contribution < -0.4 is 0 Å². The second-order valence-corrected chi connectivity index (χ2v) is 5.12. The molecule has 0 radical (unpaired) electrons. The number of carboxylic acid groups (broad SMARTS) is 1. The van der Waals surface area contributed by atoms with Crippen LogP contribution in [-0.2, 0) is 9.59 Å². The number of nitrogens with zero attached hydrogens (tertiary/aromatic N) is 1. The minimum Gasteiger partial charge on any atom is -0.480 e. The molecule has 1 aliphatic carbocycles. The molecule has 0 saturated heterocycles. The van der Waals surface area contributed by atoms with E-state index in [-0.39, 0.29) is 11.8 Å². The SMILES string of the molecule is CCN(C(C)=O)C(C(=O)O)C1CCCC(C)C1. The van der Waals surface area contributed by atoms with Gasteiger partial charge in [0.1, 0.15) is 6.04 Å². The van der Waals surface area contributed by atoms with Crippen LogP contribution in [0.1, 0.15) is 46.5 Å². The van der Waals surface area contributed by atoms with Crippen molar-refractivity contribution in [1.29, 1.82) is 0 Å². The summed E-state index contributed by atoms with van der Waals surface area (Å²) in [5, 5.41) is 9.37. The summed E-state index contributed by atoms with van der Waals surface area (Å²) >= 11 is 0. The molecule has 0 spiro atoms. The third-order valence-electron chi connectivity index (χ3n) is 3.76. The van der Waals surface area contributed by atoms with Crippen LogP contribution in [0, 0.1) is 11.8 Å². The maximum Gasteiger partial charge on any atom is 0.326 e. The fourth-order valence-corrected chi connectivity index (χ4v) is 2.97. The molecule has 1 fully saturated rings. The molecule has 17 heavy (non-hydrogen) atoms. The fourth-order valence-electron chi connectivity index (χ4n) is 2.97. The van der Waals surface area contributed by atoms with Gasteiger partial charge in [-0.25, -0.2) is 4.79 Å². The predicted octanol–water partition coefficient (Wildman–Crippen LogP) is 2.13. The average molecular weight is 241 g/mol. The number of aliphatic carboxylic acids is 1. The van der Waals surface area contributed by atoms with Gasteiger partial charge >= 0.3 is 5.97 Å². The smallest absolute Gasteiger partial charge is 0.326 e. The first-order valence-corrected chi connectivity index (χ1v) is 6.47. The molecule has 1 amide bonds. The van der Waals surface area contributed by atoms with Crippen LogP contribution in [0.4, 0.5) is 0 Å². The molecule has 4 nitrogen and oxygen atoms in total. The van der Waals surface area contributed by atoms with Crippen molar-refractivity contribution < 1.29 is 14.7 Å². The lowest BCUT2D eigenvalue weighted by molar-refractivity contribution is -0.152. The van der Waals surface area contributed by atoms with Crippen LogP contribution in [0.5, 0.6) is 0 Å². The van der Waals surface area contributed by atoms with Crippen LogP contribution in [-0.4, -0.2) is 34.5 Å². The minimum atomic E-state index is -0.860. The highest BCUT2D eigenvalue weighted by Gasteiger charge is 2.36. The zero-order valence-electron chi connectivity index (χ0n) is 11.0. The number of carbonyl (C=O) groups is 2. The highest BCUT2D eigenvalue weighted by Crippen LogP contribution is 2.32. The Labute approximate surface area is 103 Å². The molecule has 0 bridgehead atoms. The summed E-state index contributed by atoms with van der Waals surface area (Å²) in [6.45, 7) is 5.92. The van der Waals surface area contributed by atoms with E-state index >= 15 is 0 Å².